The van der Waals surface area contributed by atoms with Crippen molar-refractivity contribution in [3.63, 3.8) is 0 Å². The van der Waals surface area contributed by atoms with Crippen LogP contribution in [-0.4, -0.2) is 12.3 Å². The Morgan fingerprint density at radius 3 is 2.40 bits per heavy atom. The molecule has 1 aromatic carbocycles. The van der Waals surface area contributed by atoms with Crippen molar-refractivity contribution in [1.29, 1.82) is 0 Å². The fraction of sp³-hybridized carbons (Fsp3) is 0.417. The van der Waals surface area contributed by atoms with E-state index in [1.807, 2.05) is 26.0 Å². The summed E-state index contributed by atoms with van der Waals surface area (Å²) in [5, 5.41) is 0. The second-order valence-electron chi connectivity index (χ2n) is 3.76. The summed E-state index contributed by atoms with van der Waals surface area (Å²) in [6.07, 6.45) is -0.822. The minimum atomic E-state index is -0.659. The van der Waals surface area contributed by atoms with Crippen LogP contribution in [0.15, 0.2) is 18.2 Å². The highest BCUT2D eigenvalue weighted by Crippen LogP contribution is 2.16. The van der Waals surface area contributed by atoms with Gasteiger partial charge in [-0.2, -0.15) is 0 Å². The average molecular weight is 208 g/mol. The maximum absolute atomic E-state index is 11.2. The minimum Gasteiger partial charge on any atom is -0.431 e. The zero-order valence-corrected chi connectivity index (χ0v) is 9.53. The molecule has 3 nitrogen and oxygen atoms in total. The van der Waals surface area contributed by atoms with E-state index in [2.05, 4.69) is 0 Å². The number of benzene rings is 1. The van der Waals surface area contributed by atoms with E-state index in [1.54, 1.807) is 19.9 Å². The standard InChI is InChI=1S/C12H16O3/c1-8(2)14-12(13)15-11-6-5-9(3)10(4)7-11/h5-8H,1-4H3. The molecule has 0 saturated heterocycles. The summed E-state index contributed by atoms with van der Waals surface area (Å²) < 4.78 is 9.86. The zero-order chi connectivity index (χ0) is 11.4. The molecule has 0 aliphatic rings. The predicted molar refractivity (Wildman–Crippen MR) is 58.2 cm³/mol. The van der Waals surface area contributed by atoms with E-state index in [9.17, 15) is 4.79 Å². The lowest BCUT2D eigenvalue weighted by molar-refractivity contribution is 0.0729. The molecule has 0 aliphatic heterocycles. The van der Waals surface area contributed by atoms with Gasteiger partial charge in [0.1, 0.15) is 5.75 Å². The molecule has 0 unspecified atom stereocenters. The van der Waals surface area contributed by atoms with Crippen LogP contribution in [0, 0.1) is 13.8 Å². The summed E-state index contributed by atoms with van der Waals surface area (Å²) in [5.41, 5.74) is 2.25. The topological polar surface area (TPSA) is 35.5 Å². The van der Waals surface area contributed by atoms with E-state index in [-0.39, 0.29) is 6.10 Å². The second kappa shape index (κ2) is 4.82. The van der Waals surface area contributed by atoms with E-state index >= 15 is 0 Å². The van der Waals surface area contributed by atoms with Gasteiger partial charge in [0.25, 0.3) is 0 Å². The predicted octanol–water partition coefficient (Wildman–Crippen LogP) is 3.23. The van der Waals surface area contributed by atoms with Crippen LogP contribution >= 0.6 is 0 Å². The van der Waals surface area contributed by atoms with E-state index in [4.69, 9.17) is 9.47 Å². The van der Waals surface area contributed by atoms with Crippen molar-refractivity contribution in [3.8, 4) is 5.75 Å². The van der Waals surface area contributed by atoms with Crippen molar-refractivity contribution in [2.75, 3.05) is 0 Å². The molecule has 0 bridgehead atoms. The van der Waals surface area contributed by atoms with Crippen LogP contribution < -0.4 is 4.74 Å². The second-order valence-corrected chi connectivity index (χ2v) is 3.76. The largest absolute Gasteiger partial charge is 0.514 e. The van der Waals surface area contributed by atoms with Gasteiger partial charge >= 0.3 is 6.16 Å². The average Bonchev–Trinajstić information content (AvgIpc) is 2.10. The van der Waals surface area contributed by atoms with Gasteiger partial charge < -0.3 is 9.47 Å². The van der Waals surface area contributed by atoms with Gasteiger partial charge in [0.05, 0.1) is 6.10 Å². The highest BCUT2D eigenvalue weighted by molar-refractivity contribution is 5.64. The third-order valence-corrected chi connectivity index (χ3v) is 2.01. The number of hydrogen-bond acceptors (Lipinski definition) is 3. The Morgan fingerprint density at radius 2 is 1.87 bits per heavy atom. The maximum Gasteiger partial charge on any atom is 0.514 e. The normalized spacial score (nSPS) is 10.2. The van der Waals surface area contributed by atoms with Gasteiger partial charge in [-0.15, -0.1) is 0 Å². The van der Waals surface area contributed by atoms with Crippen LogP contribution in [0.5, 0.6) is 5.75 Å². The van der Waals surface area contributed by atoms with Crippen LogP contribution in [-0.2, 0) is 4.74 Å². The van der Waals surface area contributed by atoms with E-state index in [0.717, 1.165) is 5.56 Å². The molecular formula is C12H16O3. The smallest absolute Gasteiger partial charge is 0.431 e. The lowest BCUT2D eigenvalue weighted by atomic mass is 10.1. The molecule has 1 aromatic rings. The summed E-state index contributed by atoms with van der Waals surface area (Å²) in [5.74, 6) is 0.517. The van der Waals surface area contributed by atoms with Crippen LogP contribution in [0.1, 0.15) is 25.0 Å². The summed E-state index contributed by atoms with van der Waals surface area (Å²) in [7, 11) is 0. The van der Waals surface area contributed by atoms with Gasteiger partial charge in [0.2, 0.25) is 0 Å². The molecule has 0 aromatic heterocycles. The Hall–Kier alpha value is -1.51. The third kappa shape index (κ3) is 3.62. The molecule has 15 heavy (non-hydrogen) atoms. The first-order valence-electron chi connectivity index (χ1n) is 4.94. The van der Waals surface area contributed by atoms with Crippen molar-refractivity contribution in [2.24, 2.45) is 0 Å². The molecule has 0 fully saturated rings. The van der Waals surface area contributed by atoms with Crippen LogP contribution in [0.25, 0.3) is 0 Å². The van der Waals surface area contributed by atoms with Crippen molar-refractivity contribution < 1.29 is 14.3 Å². The van der Waals surface area contributed by atoms with Gasteiger partial charge in [-0.25, -0.2) is 4.79 Å². The number of rotatable bonds is 2. The molecule has 0 N–H and O–H groups in total. The molecule has 0 saturated carbocycles. The first-order chi connectivity index (χ1) is 6.99. The first kappa shape index (κ1) is 11.6. The zero-order valence-electron chi connectivity index (χ0n) is 9.53. The number of hydrogen-bond donors (Lipinski definition) is 0. The summed E-state index contributed by atoms with van der Waals surface area (Å²) in [6.45, 7) is 7.53. The third-order valence-electron chi connectivity index (χ3n) is 2.01. The number of carbonyl (C=O) groups is 1. The highest BCUT2D eigenvalue weighted by Gasteiger charge is 2.08. The summed E-state index contributed by atoms with van der Waals surface area (Å²) in [6, 6.07) is 5.48. The number of ether oxygens (including phenoxy) is 2. The van der Waals surface area contributed by atoms with Gasteiger partial charge in [0, 0.05) is 0 Å². The van der Waals surface area contributed by atoms with Crippen LogP contribution in [0.2, 0.25) is 0 Å². The van der Waals surface area contributed by atoms with Gasteiger partial charge in [-0.3, -0.25) is 0 Å². The van der Waals surface area contributed by atoms with E-state index in [0.29, 0.717) is 5.75 Å². The Bertz CT molecular complexity index is 356. The molecule has 1 rings (SSSR count). The van der Waals surface area contributed by atoms with Crippen molar-refractivity contribution in [2.45, 2.75) is 33.8 Å². The Kier molecular flexibility index (Phi) is 3.72. The number of aryl methyl sites for hydroxylation is 2. The Balaban J connectivity index is 2.65. The Labute approximate surface area is 90.0 Å². The van der Waals surface area contributed by atoms with Crippen molar-refractivity contribution in [3.05, 3.63) is 29.3 Å². The lowest BCUT2D eigenvalue weighted by Gasteiger charge is -2.09. The molecule has 0 amide bonds. The maximum atomic E-state index is 11.2. The van der Waals surface area contributed by atoms with Crippen molar-refractivity contribution >= 4 is 6.16 Å². The fourth-order valence-corrected chi connectivity index (χ4v) is 1.09. The van der Waals surface area contributed by atoms with Crippen molar-refractivity contribution in [1.82, 2.24) is 0 Å². The van der Waals surface area contributed by atoms with E-state index < -0.39 is 6.16 Å². The summed E-state index contributed by atoms with van der Waals surface area (Å²) >= 11 is 0. The SMILES string of the molecule is Cc1ccc(OC(=O)OC(C)C)cc1C. The van der Waals surface area contributed by atoms with E-state index in [1.165, 1.54) is 5.56 Å². The molecule has 0 radical (unpaired) electrons. The minimum absolute atomic E-state index is 0.163. The Morgan fingerprint density at radius 1 is 1.20 bits per heavy atom. The van der Waals surface area contributed by atoms with Gasteiger partial charge in [-0.05, 0) is 51.0 Å². The molecule has 0 spiro atoms. The fourth-order valence-electron chi connectivity index (χ4n) is 1.09. The lowest BCUT2D eigenvalue weighted by Crippen LogP contribution is -2.15. The first-order valence-corrected chi connectivity index (χ1v) is 4.94. The number of carbonyl (C=O) groups excluding carboxylic acids is 1. The molecular weight excluding hydrogens is 192 g/mol. The molecule has 82 valence electrons. The van der Waals surface area contributed by atoms with Crippen LogP contribution in [0.4, 0.5) is 4.79 Å². The quantitative estimate of drug-likeness (QED) is 0.553. The van der Waals surface area contributed by atoms with Gasteiger partial charge in [-0.1, -0.05) is 6.07 Å². The molecule has 0 heterocycles. The summed E-state index contributed by atoms with van der Waals surface area (Å²) in [4.78, 5) is 11.2. The monoisotopic (exact) mass is 208 g/mol. The molecule has 0 atom stereocenters. The molecule has 3 heteroatoms. The molecule has 0 aliphatic carbocycles. The highest BCUT2D eigenvalue weighted by atomic mass is 16.7. The van der Waals surface area contributed by atoms with Crippen LogP contribution in [0.3, 0.4) is 0 Å². The van der Waals surface area contributed by atoms with Gasteiger partial charge in [0.15, 0.2) is 0 Å².